The molecule has 0 atom stereocenters. The Morgan fingerprint density at radius 2 is 1.80 bits per heavy atom. The molecule has 1 aliphatic rings. The van der Waals surface area contributed by atoms with E-state index in [0.717, 1.165) is 18.7 Å². The molecule has 1 aromatic rings. The number of ether oxygens (including phenoxy) is 1. The second-order valence-electron chi connectivity index (χ2n) is 5.07. The van der Waals surface area contributed by atoms with Crippen molar-refractivity contribution in [3.8, 4) is 0 Å². The summed E-state index contributed by atoms with van der Waals surface area (Å²) in [6, 6.07) is 7.51. The first kappa shape index (κ1) is 15.3. The molecule has 2 rings (SSSR count). The minimum Gasteiger partial charge on any atom is -0.379 e. The number of hydrogen-bond acceptors (Lipinski definition) is 4. The van der Waals surface area contributed by atoms with Gasteiger partial charge in [0.05, 0.1) is 24.7 Å². The van der Waals surface area contributed by atoms with E-state index in [1.807, 2.05) is 31.2 Å². The smallest absolute Gasteiger partial charge is 0.236 e. The van der Waals surface area contributed by atoms with Crippen LogP contribution in [0.25, 0.3) is 0 Å². The topological polar surface area (TPSA) is 49.9 Å². The number of aryl methyl sites for hydroxylation is 1. The largest absolute Gasteiger partial charge is 0.379 e. The van der Waals surface area contributed by atoms with E-state index in [4.69, 9.17) is 4.74 Å². The molecule has 1 fully saturated rings. The van der Waals surface area contributed by atoms with Crippen molar-refractivity contribution in [2.45, 2.75) is 6.92 Å². The molecule has 0 spiro atoms. The lowest BCUT2D eigenvalue weighted by Crippen LogP contribution is -2.41. The fourth-order valence-electron chi connectivity index (χ4n) is 2.12. The van der Waals surface area contributed by atoms with Gasteiger partial charge in [-0.15, -0.1) is 0 Å². The number of rotatable bonds is 5. The highest BCUT2D eigenvalue weighted by Gasteiger charge is 2.20. The Hall–Kier alpha value is -1.11. The summed E-state index contributed by atoms with van der Waals surface area (Å²) < 4.78 is 31.3. The molecule has 0 saturated carbocycles. The zero-order valence-corrected chi connectivity index (χ0v) is 12.9. The minimum atomic E-state index is -3.27. The Morgan fingerprint density at radius 3 is 2.40 bits per heavy atom. The minimum absolute atomic E-state index is 0.136. The first-order valence-electron chi connectivity index (χ1n) is 6.82. The third-order valence-electron chi connectivity index (χ3n) is 3.58. The monoisotopic (exact) mass is 298 g/mol. The molecule has 0 N–H and O–H groups in total. The number of morpholine rings is 1. The van der Waals surface area contributed by atoms with Crippen molar-refractivity contribution < 1.29 is 13.2 Å². The van der Waals surface area contributed by atoms with Crippen LogP contribution in [0.15, 0.2) is 24.3 Å². The third-order valence-corrected chi connectivity index (χ3v) is 5.33. The van der Waals surface area contributed by atoms with Gasteiger partial charge in [0.2, 0.25) is 10.0 Å². The zero-order chi connectivity index (χ0) is 14.6. The first-order chi connectivity index (χ1) is 9.49. The van der Waals surface area contributed by atoms with Gasteiger partial charge < -0.3 is 4.74 Å². The van der Waals surface area contributed by atoms with Gasteiger partial charge >= 0.3 is 0 Å². The third kappa shape index (κ3) is 3.94. The molecule has 1 aromatic carbocycles. The van der Waals surface area contributed by atoms with Gasteiger partial charge in [0.15, 0.2) is 0 Å². The lowest BCUT2D eigenvalue weighted by Gasteiger charge is -2.27. The highest BCUT2D eigenvalue weighted by Crippen LogP contribution is 2.17. The van der Waals surface area contributed by atoms with E-state index in [0.29, 0.717) is 25.4 Å². The van der Waals surface area contributed by atoms with Crippen LogP contribution in [0.5, 0.6) is 0 Å². The van der Waals surface area contributed by atoms with Crippen molar-refractivity contribution in [1.29, 1.82) is 0 Å². The lowest BCUT2D eigenvalue weighted by atomic mass is 10.2. The average molecular weight is 298 g/mol. The Bertz CT molecular complexity index is 522. The van der Waals surface area contributed by atoms with Crippen LogP contribution in [0, 0.1) is 6.92 Å². The van der Waals surface area contributed by atoms with Crippen molar-refractivity contribution in [1.82, 2.24) is 4.90 Å². The van der Waals surface area contributed by atoms with Gasteiger partial charge in [-0.2, -0.15) is 0 Å². The van der Waals surface area contributed by atoms with Gasteiger partial charge in [0, 0.05) is 26.7 Å². The molecular formula is C14H22N2O3S. The van der Waals surface area contributed by atoms with Crippen LogP contribution < -0.4 is 4.31 Å². The van der Waals surface area contributed by atoms with Crippen LogP contribution in [-0.2, 0) is 14.8 Å². The molecule has 1 heterocycles. The molecule has 1 aliphatic heterocycles. The van der Waals surface area contributed by atoms with Gasteiger partial charge in [0.25, 0.3) is 0 Å². The zero-order valence-electron chi connectivity index (χ0n) is 12.1. The molecule has 0 radical (unpaired) electrons. The van der Waals surface area contributed by atoms with Gasteiger partial charge in [0.1, 0.15) is 0 Å². The van der Waals surface area contributed by atoms with Crippen LogP contribution in [0.2, 0.25) is 0 Å². The quantitative estimate of drug-likeness (QED) is 0.816. The van der Waals surface area contributed by atoms with E-state index >= 15 is 0 Å². The fourth-order valence-corrected chi connectivity index (χ4v) is 3.33. The number of nitrogens with zero attached hydrogens (tertiary/aromatic N) is 2. The molecular weight excluding hydrogens is 276 g/mol. The summed E-state index contributed by atoms with van der Waals surface area (Å²) in [4.78, 5) is 2.13. The number of hydrogen-bond donors (Lipinski definition) is 0. The first-order valence-corrected chi connectivity index (χ1v) is 8.43. The Kier molecular flexibility index (Phi) is 5.01. The van der Waals surface area contributed by atoms with Gasteiger partial charge in [-0.1, -0.05) is 17.7 Å². The summed E-state index contributed by atoms with van der Waals surface area (Å²) in [5, 5.41) is 0. The van der Waals surface area contributed by atoms with Crippen molar-refractivity contribution in [3.63, 3.8) is 0 Å². The normalized spacial score (nSPS) is 17.1. The number of sulfonamides is 1. The van der Waals surface area contributed by atoms with Gasteiger partial charge in [-0.05, 0) is 19.1 Å². The molecule has 6 heteroatoms. The molecule has 0 aromatic heterocycles. The van der Waals surface area contributed by atoms with E-state index in [2.05, 4.69) is 4.90 Å². The maximum Gasteiger partial charge on any atom is 0.236 e. The number of anilines is 1. The molecule has 1 saturated heterocycles. The Labute approximate surface area is 121 Å². The van der Waals surface area contributed by atoms with Crippen LogP contribution in [-0.4, -0.2) is 59.0 Å². The van der Waals surface area contributed by atoms with Crippen molar-refractivity contribution >= 4 is 15.7 Å². The number of benzene rings is 1. The highest BCUT2D eigenvalue weighted by atomic mass is 32.2. The molecule has 20 heavy (non-hydrogen) atoms. The van der Waals surface area contributed by atoms with Crippen molar-refractivity contribution in [2.24, 2.45) is 0 Å². The molecule has 0 bridgehead atoms. The molecule has 0 aliphatic carbocycles. The predicted octanol–water partition coefficient (Wildman–Crippen LogP) is 1.09. The standard InChI is InChI=1S/C14H22N2O3S/c1-13-3-5-14(6-4-13)15(2)20(17,18)12-9-16-7-10-19-11-8-16/h3-6H,7-12H2,1-2H3. The molecule has 0 unspecified atom stereocenters. The molecule has 112 valence electrons. The maximum absolute atomic E-state index is 12.3. The van der Waals surface area contributed by atoms with Crippen LogP contribution in [0.3, 0.4) is 0 Å². The van der Waals surface area contributed by atoms with Crippen LogP contribution >= 0.6 is 0 Å². The SMILES string of the molecule is Cc1ccc(N(C)S(=O)(=O)CCN2CCOCC2)cc1. The fraction of sp³-hybridized carbons (Fsp3) is 0.571. The lowest BCUT2D eigenvalue weighted by molar-refractivity contribution is 0.0408. The van der Waals surface area contributed by atoms with E-state index in [1.165, 1.54) is 4.31 Å². The van der Waals surface area contributed by atoms with E-state index < -0.39 is 10.0 Å². The van der Waals surface area contributed by atoms with Gasteiger partial charge in [-0.3, -0.25) is 9.21 Å². The molecule has 0 amide bonds. The summed E-state index contributed by atoms with van der Waals surface area (Å²) in [6.07, 6.45) is 0. The maximum atomic E-state index is 12.3. The summed E-state index contributed by atoms with van der Waals surface area (Å²) in [5.41, 5.74) is 1.82. The second kappa shape index (κ2) is 6.56. The Morgan fingerprint density at radius 1 is 1.20 bits per heavy atom. The van der Waals surface area contributed by atoms with Crippen molar-refractivity contribution in [2.75, 3.05) is 50.0 Å². The summed E-state index contributed by atoms with van der Waals surface area (Å²) in [7, 11) is -1.66. The highest BCUT2D eigenvalue weighted by molar-refractivity contribution is 7.92. The van der Waals surface area contributed by atoms with E-state index in [-0.39, 0.29) is 5.75 Å². The predicted molar refractivity (Wildman–Crippen MR) is 80.6 cm³/mol. The molecule has 5 nitrogen and oxygen atoms in total. The summed E-state index contributed by atoms with van der Waals surface area (Å²) in [6.45, 7) is 5.54. The second-order valence-corrected chi connectivity index (χ2v) is 7.19. The van der Waals surface area contributed by atoms with Crippen LogP contribution in [0.1, 0.15) is 5.56 Å². The van der Waals surface area contributed by atoms with Crippen molar-refractivity contribution in [3.05, 3.63) is 29.8 Å². The summed E-state index contributed by atoms with van der Waals surface area (Å²) >= 11 is 0. The Balaban J connectivity index is 1.96. The van der Waals surface area contributed by atoms with Crippen LogP contribution in [0.4, 0.5) is 5.69 Å². The van der Waals surface area contributed by atoms with E-state index in [9.17, 15) is 8.42 Å². The van der Waals surface area contributed by atoms with E-state index in [1.54, 1.807) is 7.05 Å². The summed E-state index contributed by atoms with van der Waals surface area (Å²) in [5.74, 6) is 0.136. The van der Waals surface area contributed by atoms with Gasteiger partial charge in [-0.25, -0.2) is 8.42 Å². The average Bonchev–Trinajstić information content (AvgIpc) is 2.46.